The lowest BCUT2D eigenvalue weighted by Gasteiger charge is -2.36. The SMILES string of the molecule is CN(C)C(=O)N1CCN(C(=O)CC2CCNCC2)CC1.Cl. The van der Waals surface area contributed by atoms with Crippen LogP contribution in [-0.4, -0.2) is 80.0 Å². The molecule has 2 heterocycles. The Hall–Kier alpha value is -1.01. The van der Waals surface area contributed by atoms with Gasteiger partial charge >= 0.3 is 6.03 Å². The van der Waals surface area contributed by atoms with Crippen molar-refractivity contribution in [3.63, 3.8) is 0 Å². The number of halogens is 1. The highest BCUT2D eigenvalue weighted by atomic mass is 35.5. The lowest BCUT2D eigenvalue weighted by atomic mass is 9.94. The molecule has 2 aliphatic rings. The molecule has 2 saturated heterocycles. The third kappa shape index (κ3) is 5.04. The maximum atomic E-state index is 12.3. The van der Waals surface area contributed by atoms with E-state index in [4.69, 9.17) is 0 Å². The Morgan fingerprint density at radius 1 is 1.05 bits per heavy atom. The molecule has 3 amide bonds. The molecule has 0 aliphatic carbocycles. The van der Waals surface area contributed by atoms with Gasteiger partial charge in [0.1, 0.15) is 0 Å². The van der Waals surface area contributed by atoms with Crippen molar-refractivity contribution in [2.24, 2.45) is 5.92 Å². The van der Waals surface area contributed by atoms with Gasteiger partial charge in [-0.05, 0) is 31.8 Å². The van der Waals surface area contributed by atoms with E-state index in [1.165, 1.54) is 0 Å². The van der Waals surface area contributed by atoms with Crippen LogP contribution >= 0.6 is 12.4 Å². The van der Waals surface area contributed by atoms with E-state index in [1.807, 2.05) is 9.80 Å². The third-order valence-electron chi connectivity index (χ3n) is 4.21. The molecule has 0 unspecified atom stereocenters. The van der Waals surface area contributed by atoms with E-state index in [1.54, 1.807) is 19.0 Å². The predicted octanol–water partition coefficient (Wildman–Crippen LogP) is 0.624. The number of urea groups is 1. The molecule has 7 heteroatoms. The van der Waals surface area contributed by atoms with Crippen LogP contribution in [0.2, 0.25) is 0 Å². The second-order valence-corrected chi connectivity index (χ2v) is 5.94. The molecule has 0 aromatic heterocycles. The molecule has 2 aliphatic heterocycles. The summed E-state index contributed by atoms with van der Waals surface area (Å²) >= 11 is 0. The number of rotatable bonds is 2. The summed E-state index contributed by atoms with van der Waals surface area (Å²) in [5, 5.41) is 3.32. The topological polar surface area (TPSA) is 55.9 Å². The van der Waals surface area contributed by atoms with E-state index in [0.717, 1.165) is 25.9 Å². The first-order valence-electron chi connectivity index (χ1n) is 7.52. The van der Waals surface area contributed by atoms with Crippen molar-refractivity contribution in [2.45, 2.75) is 19.3 Å². The quantitative estimate of drug-likeness (QED) is 0.812. The van der Waals surface area contributed by atoms with E-state index in [9.17, 15) is 9.59 Å². The van der Waals surface area contributed by atoms with Crippen LogP contribution in [0, 0.1) is 5.92 Å². The fraction of sp³-hybridized carbons (Fsp3) is 0.857. The molecule has 21 heavy (non-hydrogen) atoms. The maximum Gasteiger partial charge on any atom is 0.319 e. The molecule has 0 spiro atoms. The van der Waals surface area contributed by atoms with Gasteiger partial charge in [0.05, 0.1) is 0 Å². The highest BCUT2D eigenvalue weighted by molar-refractivity contribution is 5.85. The number of amides is 3. The molecule has 122 valence electrons. The number of carbonyl (C=O) groups excluding carboxylic acids is 2. The van der Waals surface area contributed by atoms with Crippen molar-refractivity contribution in [2.75, 3.05) is 53.4 Å². The van der Waals surface area contributed by atoms with Crippen molar-refractivity contribution in [1.82, 2.24) is 20.0 Å². The monoisotopic (exact) mass is 318 g/mol. The second kappa shape index (κ2) is 8.44. The zero-order chi connectivity index (χ0) is 14.5. The first-order chi connectivity index (χ1) is 9.58. The molecule has 0 saturated carbocycles. The Morgan fingerprint density at radius 2 is 1.57 bits per heavy atom. The lowest BCUT2D eigenvalue weighted by Crippen LogP contribution is -2.53. The lowest BCUT2D eigenvalue weighted by molar-refractivity contribution is -0.133. The van der Waals surface area contributed by atoms with E-state index in [-0.39, 0.29) is 24.3 Å². The van der Waals surface area contributed by atoms with Gasteiger partial charge in [0.2, 0.25) is 5.91 Å². The smallest absolute Gasteiger partial charge is 0.319 e. The van der Waals surface area contributed by atoms with E-state index in [0.29, 0.717) is 38.5 Å². The second-order valence-electron chi connectivity index (χ2n) is 5.94. The molecule has 0 aromatic rings. The Kier molecular flexibility index (Phi) is 7.25. The van der Waals surface area contributed by atoms with Gasteiger partial charge in [0, 0.05) is 46.7 Å². The normalized spacial score (nSPS) is 19.9. The van der Waals surface area contributed by atoms with Crippen LogP contribution in [0.5, 0.6) is 0 Å². The highest BCUT2D eigenvalue weighted by Crippen LogP contribution is 2.18. The number of carbonyl (C=O) groups is 2. The molecule has 2 rings (SSSR count). The minimum atomic E-state index is 0. The van der Waals surface area contributed by atoms with Crippen molar-refractivity contribution in [3.8, 4) is 0 Å². The Bertz CT molecular complexity index is 351. The summed E-state index contributed by atoms with van der Waals surface area (Å²) in [5.41, 5.74) is 0. The molecular formula is C14H27ClN4O2. The highest BCUT2D eigenvalue weighted by Gasteiger charge is 2.26. The van der Waals surface area contributed by atoms with Crippen LogP contribution in [0.1, 0.15) is 19.3 Å². The third-order valence-corrected chi connectivity index (χ3v) is 4.21. The van der Waals surface area contributed by atoms with Crippen LogP contribution in [0.25, 0.3) is 0 Å². The molecule has 2 fully saturated rings. The van der Waals surface area contributed by atoms with Crippen LogP contribution in [0.15, 0.2) is 0 Å². The first kappa shape index (κ1) is 18.0. The minimum Gasteiger partial charge on any atom is -0.339 e. The fourth-order valence-corrected chi connectivity index (χ4v) is 2.89. The van der Waals surface area contributed by atoms with Crippen LogP contribution in [0.4, 0.5) is 4.79 Å². The summed E-state index contributed by atoms with van der Waals surface area (Å²) in [6, 6.07) is 0.0375. The van der Waals surface area contributed by atoms with Gasteiger partial charge in [-0.15, -0.1) is 12.4 Å². The van der Waals surface area contributed by atoms with Crippen molar-refractivity contribution < 1.29 is 9.59 Å². The average Bonchev–Trinajstić information content (AvgIpc) is 2.47. The molecule has 0 bridgehead atoms. The molecule has 0 atom stereocenters. The fourth-order valence-electron chi connectivity index (χ4n) is 2.89. The van der Waals surface area contributed by atoms with Crippen LogP contribution in [0.3, 0.4) is 0 Å². The Balaban J connectivity index is 0.00000220. The van der Waals surface area contributed by atoms with Gasteiger partial charge < -0.3 is 20.0 Å². The van der Waals surface area contributed by atoms with Crippen LogP contribution in [-0.2, 0) is 4.79 Å². The summed E-state index contributed by atoms with van der Waals surface area (Å²) < 4.78 is 0. The first-order valence-corrected chi connectivity index (χ1v) is 7.52. The Morgan fingerprint density at radius 3 is 2.10 bits per heavy atom. The number of piperidine rings is 1. The summed E-state index contributed by atoms with van der Waals surface area (Å²) in [7, 11) is 3.52. The predicted molar refractivity (Wildman–Crippen MR) is 84.7 cm³/mol. The zero-order valence-electron chi connectivity index (χ0n) is 13.0. The summed E-state index contributed by atoms with van der Waals surface area (Å²) in [6.07, 6.45) is 2.87. The average molecular weight is 319 g/mol. The largest absolute Gasteiger partial charge is 0.339 e. The van der Waals surface area contributed by atoms with E-state index < -0.39 is 0 Å². The number of piperazine rings is 1. The van der Waals surface area contributed by atoms with E-state index in [2.05, 4.69) is 5.32 Å². The molecule has 1 N–H and O–H groups in total. The van der Waals surface area contributed by atoms with Crippen molar-refractivity contribution in [3.05, 3.63) is 0 Å². The molecule has 0 aromatic carbocycles. The zero-order valence-corrected chi connectivity index (χ0v) is 13.8. The van der Waals surface area contributed by atoms with Gasteiger partial charge in [0.25, 0.3) is 0 Å². The van der Waals surface area contributed by atoms with Gasteiger partial charge in [-0.1, -0.05) is 0 Å². The van der Waals surface area contributed by atoms with E-state index >= 15 is 0 Å². The standard InChI is InChI=1S/C14H26N4O2.ClH/c1-16(2)14(20)18-9-7-17(8-10-18)13(19)11-12-3-5-15-6-4-12;/h12,15H,3-11H2,1-2H3;1H. The number of hydrogen-bond acceptors (Lipinski definition) is 3. The van der Waals surface area contributed by atoms with Gasteiger partial charge in [-0.25, -0.2) is 4.79 Å². The molecular weight excluding hydrogens is 292 g/mol. The number of nitrogens with zero attached hydrogens (tertiary/aromatic N) is 3. The van der Waals surface area contributed by atoms with Crippen molar-refractivity contribution >= 4 is 24.3 Å². The summed E-state index contributed by atoms with van der Waals surface area (Å²) in [6.45, 7) is 4.70. The molecule has 6 nitrogen and oxygen atoms in total. The number of nitrogens with one attached hydrogen (secondary N) is 1. The molecule has 0 radical (unpaired) electrons. The van der Waals surface area contributed by atoms with Gasteiger partial charge in [-0.3, -0.25) is 4.79 Å². The number of hydrogen-bond donors (Lipinski definition) is 1. The van der Waals surface area contributed by atoms with Crippen LogP contribution < -0.4 is 5.32 Å². The summed E-state index contributed by atoms with van der Waals surface area (Å²) in [5.74, 6) is 0.791. The van der Waals surface area contributed by atoms with Gasteiger partial charge in [0.15, 0.2) is 0 Å². The van der Waals surface area contributed by atoms with Crippen molar-refractivity contribution in [1.29, 1.82) is 0 Å². The Labute approximate surface area is 133 Å². The summed E-state index contributed by atoms with van der Waals surface area (Å²) in [4.78, 5) is 29.4. The van der Waals surface area contributed by atoms with Gasteiger partial charge in [-0.2, -0.15) is 0 Å². The minimum absolute atomic E-state index is 0. The maximum absolute atomic E-state index is 12.3.